The van der Waals surface area contributed by atoms with Crippen molar-refractivity contribution >= 4 is 0 Å². The first-order valence-electron chi connectivity index (χ1n) is 8.19. The van der Waals surface area contributed by atoms with Gasteiger partial charge in [0, 0.05) is 25.7 Å². The third-order valence-corrected chi connectivity index (χ3v) is 4.25. The lowest BCUT2D eigenvalue weighted by atomic mass is 9.90. The summed E-state index contributed by atoms with van der Waals surface area (Å²) in [5, 5.41) is 13.4. The fourth-order valence-electron chi connectivity index (χ4n) is 3.95. The largest absolute Gasteiger partial charge is 0.367 e. The summed E-state index contributed by atoms with van der Waals surface area (Å²) in [4.78, 5) is 2.42. The van der Waals surface area contributed by atoms with E-state index >= 15 is 0 Å². The second-order valence-electron chi connectivity index (χ2n) is 8.42. The number of ether oxygens (including phenoxy) is 1. The molecule has 1 aliphatic carbocycles. The van der Waals surface area contributed by atoms with Crippen molar-refractivity contribution in [3.63, 3.8) is 0 Å². The summed E-state index contributed by atoms with van der Waals surface area (Å²) in [6.07, 6.45) is 2.34. The lowest BCUT2D eigenvalue weighted by Crippen LogP contribution is -2.63. The standard InChI is InChI=1S/C17H31N3O/c1-13(2)19-17(9-18,14-7-8-14)12-20-10-15(3,4)21-16(5,6)11-20/h13-14,19H,7-8,10-12H2,1-6H3. The van der Waals surface area contributed by atoms with Crippen molar-refractivity contribution in [3.05, 3.63) is 0 Å². The molecule has 1 aliphatic heterocycles. The molecule has 0 spiro atoms. The molecule has 0 bridgehead atoms. The van der Waals surface area contributed by atoms with Gasteiger partial charge in [0.05, 0.1) is 17.3 Å². The van der Waals surface area contributed by atoms with Crippen molar-refractivity contribution in [2.45, 2.75) is 77.2 Å². The normalized spacial score (nSPS) is 28.1. The van der Waals surface area contributed by atoms with Crippen LogP contribution in [0.2, 0.25) is 0 Å². The SMILES string of the molecule is CC(C)NC(C#N)(CN1CC(C)(C)OC(C)(C)C1)C1CC1. The molecular formula is C17H31N3O. The highest BCUT2D eigenvalue weighted by atomic mass is 16.5. The van der Waals surface area contributed by atoms with Gasteiger partial charge in [0.2, 0.25) is 0 Å². The Bertz CT molecular complexity index is 404. The Morgan fingerprint density at radius 1 is 1.24 bits per heavy atom. The van der Waals surface area contributed by atoms with Crippen molar-refractivity contribution in [2.24, 2.45) is 5.92 Å². The zero-order chi connectivity index (χ0) is 15.9. The van der Waals surface area contributed by atoms with E-state index < -0.39 is 5.54 Å². The van der Waals surface area contributed by atoms with Crippen LogP contribution in [-0.4, -0.2) is 47.3 Å². The molecule has 21 heavy (non-hydrogen) atoms. The van der Waals surface area contributed by atoms with Crippen LogP contribution in [0.4, 0.5) is 0 Å². The van der Waals surface area contributed by atoms with E-state index in [0.717, 1.165) is 19.6 Å². The minimum atomic E-state index is -0.405. The Labute approximate surface area is 129 Å². The second-order valence-corrected chi connectivity index (χ2v) is 8.42. The van der Waals surface area contributed by atoms with Crippen LogP contribution in [0, 0.1) is 17.2 Å². The minimum Gasteiger partial charge on any atom is -0.367 e. The van der Waals surface area contributed by atoms with Gasteiger partial charge in [-0.2, -0.15) is 5.26 Å². The molecule has 1 heterocycles. The molecule has 0 aromatic heterocycles. The Morgan fingerprint density at radius 3 is 2.14 bits per heavy atom. The van der Waals surface area contributed by atoms with Crippen molar-refractivity contribution in [2.75, 3.05) is 19.6 Å². The number of nitrogens with one attached hydrogen (secondary N) is 1. The van der Waals surface area contributed by atoms with Crippen LogP contribution in [0.15, 0.2) is 0 Å². The van der Waals surface area contributed by atoms with Crippen LogP contribution in [0.25, 0.3) is 0 Å². The molecule has 2 aliphatic rings. The summed E-state index contributed by atoms with van der Waals surface area (Å²) in [5.41, 5.74) is -0.730. The number of hydrogen-bond acceptors (Lipinski definition) is 4. The fraction of sp³-hybridized carbons (Fsp3) is 0.941. The number of nitriles is 1. The Balaban J connectivity index is 2.15. The summed E-state index contributed by atoms with van der Waals surface area (Å²) in [6.45, 7) is 15.4. The molecule has 0 aromatic carbocycles. The summed E-state index contributed by atoms with van der Waals surface area (Å²) in [7, 11) is 0. The molecule has 1 saturated heterocycles. The zero-order valence-electron chi connectivity index (χ0n) is 14.5. The van der Waals surface area contributed by atoms with Crippen molar-refractivity contribution in [3.8, 4) is 6.07 Å². The highest BCUT2D eigenvalue weighted by Crippen LogP contribution is 2.41. The Morgan fingerprint density at radius 2 is 1.76 bits per heavy atom. The first-order valence-corrected chi connectivity index (χ1v) is 8.19. The maximum Gasteiger partial charge on any atom is 0.122 e. The third-order valence-electron chi connectivity index (χ3n) is 4.25. The van der Waals surface area contributed by atoms with Gasteiger partial charge in [-0.1, -0.05) is 0 Å². The predicted molar refractivity (Wildman–Crippen MR) is 85.0 cm³/mol. The Kier molecular flexibility index (Phi) is 4.41. The molecule has 1 atom stereocenters. The van der Waals surface area contributed by atoms with Crippen LogP contribution < -0.4 is 5.32 Å². The van der Waals surface area contributed by atoms with Gasteiger partial charge in [-0.05, 0) is 60.3 Å². The molecule has 2 fully saturated rings. The highest BCUT2D eigenvalue weighted by molar-refractivity contribution is 5.17. The van der Waals surface area contributed by atoms with Crippen LogP contribution in [0.1, 0.15) is 54.4 Å². The average molecular weight is 293 g/mol. The van der Waals surface area contributed by atoms with Gasteiger partial charge in [0.25, 0.3) is 0 Å². The van der Waals surface area contributed by atoms with Crippen LogP contribution in [0.3, 0.4) is 0 Å². The van der Waals surface area contributed by atoms with Gasteiger partial charge in [-0.3, -0.25) is 10.2 Å². The van der Waals surface area contributed by atoms with E-state index in [0.29, 0.717) is 12.0 Å². The van der Waals surface area contributed by atoms with E-state index in [2.05, 4.69) is 57.8 Å². The van der Waals surface area contributed by atoms with E-state index in [1.807, 2.05) is 0 Å². The lowest BCUT2D eigenvalue weighted by molar-refractivity contribution is -0.182. The van der Waals surface area contributed by atoms with E-state index in [9.17, 15) is 5.26 Å². The van der Waals surface area contributed by atoms with Crippen molar-refractivity contribution < 1.29 is 4.74 Å². The second kappa shape index (κ2) is 5.53. The van der Waals surface area contributed by atoms with E-state index in [1.165, 1.54) is 12.8 Å². The molecule has 0 amide bonds. The molecule has 0 radical (unpaired) electrons. The molecular weight excluding hydrogens is 262 g/mol. The molecule has 1 N–H and O–H groups in total. The van der Waals surface area contributed by atoms with Gasteiger partial charge in [0.1, 0.15) is 5.54 Å². The van der Waals surface area contributed by atoms with E-state index in [1.54, 1.807) is 0 Å². The molecule has 1 saturated carbocycles. The number of hydrogen-bond donors (Lipinski definition) is 1. The zero-order valence-corrected chi connectivity index (χ0v) is 14.5. The maximum absolute atomic E-state index is 9.86. The first kappa shape index (κ1) is 16.7. The van der Waals surface area contributed by atoms with Gasteiger partial charge in [0.15, 0.2) is 0 Å². The fourth-order valence-corrected chi connectivity index (χ4v) is 3.95. The summed E-state index contributed by atoms with van der Waals surface area (Å²) in [6, 6.07) is 2.94. The number of rotatable bonds is 5. The third kappa shape index (κ3) is 4.18. The van der Waals surface area contributed by atoms with Gasteiger partial charge in [-0.25, -0.2) is 0 Å². The molecule has 1 unspecified atom stereocenters. The lowest BCUT2D eigenvalue weighted by Gasteiger charge is -2.49. The number of nitrogens with zero attached hydrogens (tertiary/aromatic N) is 2. The van der Waals surface area contributed by atoms with Gasteiger partial charge < -0.3 is 4.74 Å². The maximum atomic E-state index is 9.86. The molecule has 0 aromatic rings. The van der Waals surface area contributed by atoms with E-state index in [4.69, 9.17) is 4.74 Å². The average Bonchev–Trinajstić information content (AvgIpc) is 3.06. The molecule has 2 rings (SSSR count). The first-order chi connectivity index (χ1) is 9.57. The van der Waals surface area contributed by atoms with Crippen molar-refractivity contribution in [1.29, 1.82) is 5.26 Å². The summed E-state index contributed by atoms with van der Waals surface area (Å²) < 4.78 is 6.15. The number of morpholine rings is 1. The highest BCUT2D eigenvalue weighted by Gasteiger charge is 2.49. The monoisotopic (exact) mass is 293 g/mol. The van der Waals surface area contributed by atoms with Crippen LogP contribution in [0.5, 0.6) is 0 Å². The van der Waals surface area contributed by atoms with Crippen LogP contribution >= 0.6 is 0 Å². The molecule has 4 nitrogen and oxygen atoms in total. The predicted octanol–water partition coefficient (Wildman–Crippen LogP) is 2.55. The van der Waals surface area contributed by atoms with Crippen molar-refractivity contribution in [1.82, 2.24) is 10.2 Å². The topological polar surface area (TPSA) is 48.3 Å². The van der Waals surface area contributed by atoms with Crippen LogP contribution in [-0.2, 0) is 4.74 Å². The quantitative estimate of drug-likeness (QED) is 0.846. The molecule has 4 heteroatoms. The summed E-state index contributed by atoms with van der Waals surface area (Å²) >= 11 is 0. The molecule has 120 valence electrons. The summed E-state index contributed by atoms with van der Waals surface area (Å²) in [5.74, 6) is 0.499. The van der Waals surface area contributed by atoms with E-state index in [-0.39, 0.29) is 11.2 Å². The van der Waals surface area contributed by atoms with Gasteiger partial charge >= 0.3 is 0 Å². The smallest absolute Gasteiger partial charge is 0.122 e. The minimum absolute atomic E-state index is 0.162. The Hall–Kier alpha value is -0.630. The van der Waals surface area contributed by atoms with Gasteiger partial charge in [-0.15, -0.1) is 0 Å².